The molecule has 0 bridgehead atoms. The van der Waals surface area contributed by atoms with Crippen molar-refractivity contribution in [3.05, 3.63) is 90.5 Å². The van der Waals surface area contributed by atoms with E-state index in [1.807, 2.05) is 25.3 Å². The molecule has 0 radical (unpaired) electrons. The average molecular weight is 522 g/mol. The topological polar surface area (TPSA) is 123 Å². The largest absolute Gasteiger partial charge is 0.491 e. The lowest BCUT2D eigenvalue weighted by atomic mass is 9.95. The van der Waals surface area contributed by atoms with Gasteiger partial charge in [0.2, 0.25) is 5.91 Å². The number of amides is 2. The molecule has 194 valence electrons. The maximum Gasteiger partial charge on any atom is 0.412 e. The fraction of sp³-hybridized carbons (Fsp3) is 0.214. The quantitative estimate of drug-likeness (QED) is 0.150. The smallest absolute Gasteiger partial charge is 0.412 e. The van der Waals surface area contributed by atoms with Crippen LogP contribution in [0.2, 0.25) is 0 Å². The summed E-state index contributed by atoms with van der Waals surface area (Å²) in [5, 5.41) is 14.7. The zero-order valence-electron chi connectivity index (χ0n) is 20.7. The molecule has 8 nitrogen and oxygen atoms in total. The van der Waals surface area contributed by atoms with Crippen LogP contribution in [0, 0.1) is 5.92 Å². The standard InChI is InChI=1S/C28H31N3O5S/c1-19(11-16-26(33)31-24-9-5-4-8-23(24)29)27(22-7-3-6-10-25(22)35-18-17-32)36-28(34)30-20-12-14-21(37-2)15-13-20/h3-16,19,27,32H,17-18,29H2,1-2H3,(H,30,34)(H,31,33)/b16-11+/t19-,27+/m1/s1. The highest BCUT2D eigenvalue weighted by atomic mass is 32.2. The molecule has 0 aliphatic rings. The lowest BCUT2D eigenvalue weighted by molar-refractivity contribution is -0.111. The Labute approximate surface area is 220 Å². The van der Waals surface area contributed by atoms with Crippen molar-refractivity contribution in [1.82, 2.24) is 0 Å². The molecule has 0 aliphatic heterocycles. The van der Waals surface area contributed by atoms with E-state index < -0.39 is 18.1 Å². The van der Waals surface area contributed by atoms with Gasteiger partial charge in [-0.1, -0.05) is 43.3 Å². The normalized spacial score (nSPS) is 12.5. The molecule has 0 fully saturated rings. The first-order chi connectivity index (χ1) is 17.9. The van der Waals surface area contributed by atoms with Crippen molar-refractivity contribution >= 4 is 40.8 Å². The number of carbonyl (C=O) groups is 2. The Hall–Kier alpha value is -3.95. The molecule has 0 aliphatic carbocycles. The summed E-state index contributed by atoms with van der Waals surface area (Å²) in [6.07, 6.45) is 3.57. The van der Waals surface area contributed by atoms with Gasteiger partial charge in [0.05, 0.1) is 18.0 Å². The molecule has 2 atom stereocenters. The van der Waals surface area contributed by atoms with Crippen LogP contribution in [-0.2, 0) is 9.53 Å². The number of hydrogen-bond acceptors (Lipinski definition) is 7. The first kappa shape index (κ1) is 27.6. The highest BCUT2D eigenvalue weighted by molar-refractivity contribution is 7.98. The Bertz CT molecular complexity index is 1220. The number of anilines is 3. The predicted octanol–water partition coefficient (Wildman–Crippen LogP) is 5.48. The summed E-state index contributed by atoms with van der Waals surface area (Å²) in [6.45, 7) is 1.75. The van der Waals surface area contributed by atoms with E-state index in [1.165, 1.54) is 6.08 Å². The van der Waals surface area contributed by atoms with E-state index in [4.69, 9.17) is 15.2 Å². The molecule has 37 heavy (non-hydrogen) atoms. The minimum absolute atomic E-state index is 0.0862. The number of aliphatic hydroxyl groups is 1. The number of benzene rings is 3. The third-order valence-corrected chi connectivity index (χ3v) is 6.14. The summed E-state index contributed by atoms with van der Waals surface area (Å²) in [6, 6.07) is 21.5. The average Bonchev–Trinajstić information content (AvgIpc) is 2.91. The van der Waals surface area contributed by atoms with Gasteiger partial charge in [0, 0.05) is 22.1 Å². The van der Waals surface area contributed by atoms with Crippen LogP contribution < -0.4 is 21.1 Å². The zero-order chi connectivity index (χ0) is 26.6. The Kier molecular flexibility index (Phi) is 10.4. The SMILES string of the molecule is CSc1ccc(NC(=O)O[C@H](c2ccccc2OCCO)[C@H](C)/C=C/C(=O)Nc2ccccc2N)cc1. The molecular formula is C28H31N3O5S. The second kappa shape index (κ2) is 14.0. The molecule has 0 heterocycles. The summed E-state index contributed by atoms with van der Waals surface area (Å²) in [5.41, 5.74) is 8.06. The van der Waals surface area contributed by atoms with E-state index in [1.54, 1.807) is 78.5 Å². The summed E-state index contributed by atoms with van der Waals surface area (Å²) in [4.78, 5) is 26.5. The number of para-hydroxylation sites is 3. The zero-order valence-corrected chi connectivity index (χ0v) is 21.5. The number of rotatable bonds is 11. The molecule has 3 rings (SSSR count). The highest BCUT2D eigenvalue weighted by Gasteiger charge is 2.26. The number of thioether (sulfide) groups is 1. The van der Waals surface area contributed by atoms with Gasteiger partial charge < -0.3 is 25.6 Å². The molecule has 3 aromatic rings. The Morgan fingerprint density at radius 3 is 2.43 bits per heavy atom. The Balaban J connectivity index is 1.80. The first-order valence-electron chi connectivity index (χ1n) is 11.7. The van der Waals surface area contributed by atoms with Crippen LogP contribution >= 0.6 is 11.8 Å². The molecule has 5 N–H and O–H groups in total. The summed E-state index contributed by atoms with van der Waals surface area (Å²) in [7, 11) is 0. The van der Waals surface area contributed by atoms with Crippen LogP contribution in [0.5, 0.6) is 5.75 Å². The molecule has 0 saturated heterocycles. The fourth-order valence-corrected chi connectivity index (χ4v) is 3.93. The van der Waals surface area contributed by atoms with Gasteiger partial charge in [-0.3, -0.25) is 10.1 Å². The van der Waals surface area contributed by atoms with Gasteiger partial charge in [-0.15, -0.1) is 11.8 Å². The van der Waals surface area contributed by atoms with E-state index in [-0.39, 0.29) is 19.1 Å². The van der Waals surface area contributed by atoms with Crippen molar-refractivity contribution in [2.45, 2.75) is 17.9 Å². The van der Waals surface area contributed by atoms with Crippen molar-refractivity contribution in [3.8, 4) is 5.75 Å². The number of carbonyl (C=O) groups excluding carboxylic acids is 2. The Morgan fingerprint density at radius 2 is 1.73 bits per heavy atom. The van der Waals surface area contributed by atoms with Crippen LogP contribution in [-0.4, -0.2) is 36.6 Å². The van der Waals surface area contributed by atoms with Crippen LogP contribution in [0.4, 0.5) is 21.9 Å². The van der Waals surface area contributed by atoms with Crippen LogP contribution in [0.3, 0.4) is 0 Å². The van der Waals surface area contributed by atoms with E-state index in [2.05, 4.69) is 10.6 Å². The molecule has 0 unspecified atom stereocenters. The van der Waals surface area contributed by atoms with Gasteiger partial charge in [0.1, 0.15) is 18.5 Å². The second-order valence-electron chi connectivity index (χ2n) is 8.08. The monoisotopic (exact) mass is 521 g/mol. The third-order valence-electron chi connectivity index (χ3n) is 5.39. The lowest BCUT2D eigenvalue weighted by Gasteiger charge is -2.25. The Morgan fingerprint density at radius 1 is 1.03 bits per heavy atom. The van der Waals surface area contributed by atoms with Crippen molar-refractivity contribution in [3.63, 3.8) is 0 Å². The number of ether oxygens (including phenoxy) is 2. The van der Waals surface area contributed by atoms with Gasteiger partial charge in [0.25, 0.3) is 0 Å². The summed E-state index contributed by atoms with van der Waals surface area (Å²) < 4.78 is 11.5. The number of nitrogen functional groups attached to an aromatic ring is 1. The number of hydrogen-bond donors (Lipinski definition) is 4. The molecular weight excluding hydrogens is 490 g/mol. The van der Waals surface area contributed by atoms with Crippen LogP contribution in [0.15, 0.2) is 89.8 Å². The summed E-state index contributed by atoms with van der Waals surface area (Å²) in [5.74, 6) is -0.311. The van der Waals surface area contributed by atoms with E-state index in [0.717, 1.165) is 4.90 Å². The van der Waals surface area contributed by atoms with Gasteiger partial charge in [-0.2, -0.15) is 0 Å². The molecule has 9 heteroatoms. The van der Waals surface area contributed by atoms with Crippen molar-refractivity contribution in [2.24, 2.45) is 5.92 Å². The maximum atomic E-state index is 12.9. The number of nitrogens with two attached hydrogens (primary N) is 1. The second-order valence-corrected chi connectivity index (χ2v) is 8.96. The molecule has 2 amide bonds. The van der Waals surface area contributed by atoms with Gasteiger partial charge in [-0.05, 0) is 54.8 Å². The van der Waals surface area contributed by atoms with Crippen molar-refractivity contribution < 1.29 is 24.2 Å². The number of aliphatic hydroxyl groups excluding tert-OH is 1. The predicted molar refractivity (Wildman–Crippen MR) is 148 cm³/mol. The van der Waals surface area contributed by atoms with Crippen LogP contribution in [0.1, 0.15) is 18.6 Å². The van der Waals surface area contributed by atoms with E-state index >= 15 is 0 Å². The molecule has 0 spiro atoms. The molecule has 0 aromatic heterocycles. The lowest BCUT2D eigenvalue weighted by Crippen LogP contribution is -2.22. The molecule has 3 aromatic carbocycles. The maximum absolute atomic E-state index is 12.9. The first-order valence-corrected chi connectivity index (χ1v) is 12.9. The minimum atomic E-state index is -0.786. The minimum Gasteiger partial charge on any atom is -0.491 e. The highest BCUT2D eigenvalue weighted by Crippen LogP contribution is 2.34. The van der Waals surface area contributed by atoms with Gasteiger partial charge in [0.15, 0.2) is 0 Å². The third kappa shape index (κ3) is 8.30. The van der Waals surface area contributed by atoms with Gasteiger partial charge >= 0.3 is 6.09 Å². The van der Waals surface area contributed by atoms with E-state index in [9.17, 15) is 14.7 Å². The van der Waals surface area contributed by atoms with Crippen LogP contribution in [0.25, 0.3) is 0 Å². The molecule has 0 saturated carbocycles. The van der Waals surface area contributed by atoms with Crippen molar-refractivity contribution in [2.75, 3.05) is 35.8 Å². The number of nitrogens with one attached hydrogen (secondary N) is 2. The van der Waals surface area contributed by atoms with Gasteiger partial charge in [-0.25, -0.2) is 4.79 Å². The summed E-state index contributed by atoms with van der Waals surface area (Å²) >= 11 is 1.60. The van der Waals surface area contributed by atoms with E-state index in [0.29, 0.717) is 28.4 Å². The van der Waals surface area contributed by atoms with Crippen molar-refractivity contribution in [1.29, 1.82) is 0 Å². The fourth-order valence-electron chi connectivity index (χ4n) is 3.52.